The van der Waals surface area contributed by atoms with Crippen LogP contribution in [0.2, 0.25) is 0 Å². The molecule has 2 aromatic heterocycles. The summed E-state index contributed by atoms with van der Waals surface area (Å²) in [7, 11) is 0. The maximum atomic E-state index is 14.2. The van der Waals surface area contributed by atoms with Crippen molar-refractivity contribution in [2.24, 2.45) is 0 Å². The minimum absolute atomic E-state index is 0.325. The molecule has 2 aromatic carbocycles. The van der Waals surface area contributed by atoms with Crippen molar-refractivity contribution in [2.45, 2.75) is 11.8 Å². The van der Waals surface area contributed by atoms with E-state index in [0.29, 0.717) is 22.1 Å². The Balaban J connectivity index is 1.52. The first kappa shape index (κ1) is 19.4. The van der Waals surface area contributed by atoms with Gasteiger partial charge in [0.25, 0.3) is 0 Å². The lowest BCUT2D eigenvalue weighted by atomic mass is 10.1. The highest BCUT2D eigenvalue weighted by Gasteiger charge is 2.67. The van der Waals surface area contributed by atoms with Crippen molar-refractivity contribution in [1.29, 1.82) is 0 Å². The molecule has 0 unspecified atom stereocenters. The first-order valence-corrected chi connectivity index (χ1v) is 8.46. The molecule has 2 amide bonds. The number of benzene rings is 2. The van der Waals surface area contributed by atoms with Crippen LogP contribution < -0.4 is 10.6 Å². The van der Waals surface area contributed by atoms with Crippen molar-refractivity contribution < 1.29 is 27.2 Å². The highest BCUT2D eigenvalue weighted by Crippen LogP contribution is 2.36. The maximum Gasteiger partial charge on any atom is 0.396 e. The van der Waals surface area contributed by atoms with Crippen LogP contribution in [-0.4, -0.2) is 43.6 Å². The van der Waals surface area contributed by atoms with Crippen LogP contribution in [-0.2, 0) is 9.59 Å². The fraction of sp³-hybridized carbons (Fsp3) is 0.111. The molecule has 0 aliphatic heterocycles. The number of carbonyl (C=O) groups is 2. The summed E-state index contributed by atoms with van der Waals surface area (Å²) in [6.07, 6.45) is 0. The lowest BCUT2D eigenvalue weighted by Gasteiger charge is -2.23. The van der Waals surface area contributed by atoms with Gasteiger partial charge in [0.2, 0.25) is 11.9 Å². The fourth-order valence-electron chi connectivity index (χ4n) is 2.68. The molecule has 4 rings (SSSR count). The molecule has 4 N–H and O–H groups in total. The van der Waals surface area contributed by atoms with Gasteiger partial charge in [-0.1, -0.05) is 24.3 Å². The Morgan fingerprint density at radius 3 is 1.43 bits per heavy atom. The van der Waals surface area contributed by atoms with Gasteiger partial charge in [-0.05, 0) is 24.3 Å². The van der Waals surface area contributed by atoms with Crippen LogP contribution >= 0.6 is 0 Å². The third-order valence-electron chi connectivity index (χ3n) is 4.21. The fourth-order valence-corrected chi connectivity index (χ4v) is 2.68. The summed E-state index contributed by atoms with van der Waals surface area (Å²) < 4.78 is 56.8. The second-order valence-corrected chi connectivity index (χ2v) is 6.26. The van der Waals surface area contributed by atoms with Gasteiger partial charge in [-0.15, -0.1) is 0 Å². The Bertz CT molecular complexity index is 1100. The van der Waals surface area contributed by atoms with Crippen LogP contribution in [0, 0.1) is 0 Å². The van der Waals surface area contributed by atoms with Crippen molar-refractivity contribution in [3.8, 4) is 0 Å². The minimum atomic E-state index is -5.37. The molecule has 30 heavy (non-hydrogen) atoms. The Kier molecular flexibility index (Phi) is 4.41. The number of hydrogen-bond donors (Lipinski definition) is 4. The standard InChI is InChI=1S/C18H12F4N6O2/c19-17(20,13(29)27-15-23-9-5-1-2-6-10(9)24-15)18(21,22)14(30)28-16-25-11-7-3-4-8-12(11)26-16/h1-8H,(H2,23,24,27,29)(H2,25,26,28,30). The number of carbonyl (C=O) groups excluding carboxylic acids is 2. The molecule has 8 nitrogen and oxygen atoms in total. The summed E-state index contributed by atoms with van der Waals surface area (Å²) in [5.41, 5.74) is 1.44. The van der Waals surface area contributed by atoms with E-state index in [1.54, 1.807) is 47.0 Å². The number of anilines is 2. The molecule has 0 saturated carbocycles. The van der Waals surface area contributed by atoms with Crippen molar-refractivity contribution in [3.05, 3.63) is 48.5 Å². The quantitative estimate of drug-likeness (QED) is 0.371. The number of imidazole rings is 2. The van der Waals surface area contributed by atoms with Crippen molar-refractivity contribution >= 4 is 45.8 Å². The van der Waals surface area contributed by atoms with Gasteiger partial charge < -0.3 is 9.97 Å². The van der Waals surface area contributed by atoms with E-state index in [2.05, 4.69) is 19.9 Å². The summed E-state index contributed by atoms with van der Waals surface area (Å²) in [6.45, 7) is 0. The topological polar surface area (TPSA) is 116 Å². The zero-order valence-electron chi connectivity index (χ0n) is 14.8. The molecule has 154 valence electrons. The number of halogens is 4. The van der Waals surface area contributed by atoms with Gasteiger partial charge >= 0.3 is 23.7 Å². The molecule has 0 atom stereocenters. The van der Waals surface area contributed by atoms with Gasteiger partial charge in [-0.2, -0.15) is 17.6 Å². The average Bonchev–Trinajstić information content (AvgIpc) is 3.30. The van der Waals surface area contributed by atoms with Crippen molar-refractivity contribution in [1.82, 2.24) is 19.9 Å². The van der Waals surface area contributed by atoms with E-state index in [9.17, 15) is 27.2 Å². The number of hydrogen-bond acceptors (Lipinski definition) is 4. The molecule has 2 heterocycles. The zero-order chi connectivity index (χ0) is 21.5. The summed E-state index contributed by atoms with van der Waals surface area (Å²) >= 11 is 0. The number of fused-ring (bicyclic) bond motifs is 2. The molecular formula is C18H12F4N6O2. The number of amides is 2. The molecule has 12 heteroatoms. The summed E-state index contributed by atoms with van der Waals surface area (Å²) in [5.74, 6) is -16.5. The Morgan fingerprint density at radius 1 is 0.700 bits per heavy atom. The molecular weight excluding hydrogens is 408 g/mol. The average molecular weight is 420 g/mol. The van der Waals surface area contributed by atoms with E-state index in [1.807, 2.05) is 0 Å². The van der Waals surface area contributed by atoms with Crippen molar-refractivity contribution in [2.75, 3.05) is 10.6 Å². The number of para-hydroxylation sites is 4. The number of alkyl halides is 4. The largest absolute Gasteiger partial charge is 0.396 e. The number of aromatic amines is 2. The van der Waals surface area contributed by atoms with Gasteiger partial charge in [0.1, 0.15) is 0 Å². The highest BCUT2D eigenvalue weighted by atomic mass is 19.3. The smallest absolute Gasteiger partial charge is 0.324 e. The molecule has 0 fully saturated rings. The van der Waals surface area contributed by atoms with E-state index in [0.717, 1.165) is 0 Å². The predicted octanol–water partition coefficient (Wildman–Crippen LogP) is 3.29. The van der Waals surface area contributed by atoms with Gasteiger partial charge in [0.15, 0.2) is 0 Å². The predicted molar refractivity (Wildman–Crippen MR) is 99.3 cm³/mol. The summed E-state index contributed by atoms with van der Waals surface area (Å²) in [5, 5.41) is 3.16. The van der Waals surface area contributed by atoms with Crippen LogP contribution in [0.5, 0.6) is 0 Å². The summed E-state index contributed by atoms with van der Waals surface area (Å²) in [4.78, 5) is 36.3. The lowest BCUT2D eigenvalue weighted by Crippen LogP contribution is -2.56. The number of nitrogens with zero attached hydrogens (tertiary/aromatic N) is 2. The van der Waals surface area contributed by atoms with Crippen LogP contribution in [0.1, 0.15) is 0 Å². The van der Waals surface area contributed by atoms with Crippen LogP contribution in [0.15, 0.2) is 48.5 Å². The Labute approximate surface area is 164 Å². The van der Waals surface area contributed by atoms with E-state index in [4.69, 9.17) is 0 Å². The Hall–Kier alpha value is -3.96. The SMILES string of the molecule is O=C(Nc1nc2ccccc2[nH]1)C(F)(F)C(F)(F)C(=O)Nc1nc2ccccc2[nH]1. The molecule has 0 radical (unpaired) electrons. The van der Waals surface area contributed by atoms with Crippen LogP contribution in [0.4, 0.5) is 29.5 Å². The second-order valence-electron chi connectivity index (χ2n) is 6.26. The first-order chi connectivity index (χ1) is 14.2. The zero-order valence-corrected chi connectivity index (χ0v) is 14.8. The van der Waals surface area contributed by atoms with Crippen molar-refractivity contribution in [3.63, 3.8) is 0 Å². The minimum Gasteiger partial charge on any atom is -0.324 e. The monoisotopic (exact) mass is 420 g/mol. The van der Waals surface area contributed by atoms with E-state index in [-0.39, 0.29) is 0 Å². The van der Waals surface area contributed by atoms with Gasteiger partial charge in [0.05, 0.1) is 22.1 Å². The van der Waals surface area contributed by atoms with Gasteiger partial charge in [0, 0.05) is 0 Å². The number of H-pyrrole nitrogens is 2. The Morgan fingerprint density at radius 2 is 1.07 bits per heavy atom. The second kappa shape index (κ2) is 6.83. The first-order valence-electron chi connectivity index (χ1n) is 8.46. The van der Waals surface area contributed by atoms with Crippen LogP contribution in [0.25, 0.3) is 22.1 Å². The molecule has 0 bridgehead atoms. The van der Waals surface area contributed by atoms with Crippen LogP contribution in [0.3, 0.4) is 0 Å². The molecule has 0 aliphatic rings. The summed E-state index contributed by atoms with van der Waals surface area (Å²) in [6, 6.07) is 12.6. The van der Waals surface area contributed by atoms with E-state index < -0.39 is 35.6 Å². The van der Waals surface area contributed by atoms with Gasteiger partial charge in [-0.3, -0.25) is 20.2 Å². The number of aromatic nitrogens is 4. The van der Waals surface area contributed by atoms with E-state index >= 15 is 0 Å². The highest BCUT2D eigenvalue weighted by molar-refractivity contribution is 6.05. The number of nitrogens with one attached hydrogen (secondary N) is 4. The third kappa shape index (κ3) is 3.21. The molecule has 0 aliphatic carbocycles. The lowest BCUT2D eigenvalue weighted by molar-refractivity contribution is -0.204. The third-order valence-corrected chi connectivity index (χ3v) is 4.21. The molecule has 0 spiro atoms. The maximum absolute atomic E-state index is 14.2. The number of rotatable bonds is 5. The normalized spacial score (nSPS) is 12.3. The molecule has 0 saturated heterocycles. The van der Waals surface area contributed by atoms with E-state index in [1.165, 1.54) is 12.1 Å². The van der Waals surface area contributed by atoms with Gasteiger partial charge in [-0.25, -0.2) is 9.97 Å². The molecule has 4 aromatic rings.